The first-order chi connectivity index (χ1) is 14.4. The van der Waals surface area contributed by atoms with E-state index in [9.17, 15) is 22.8 Å². The normalized spacial score (nSPS) is 20.0. The van der Waals surface area contributed by atoms with Gasteiger partial charge in [-0.15, -0.1) is 0 Å². The van der Waals surface area contributed by atoms with E-state index in [-0.39, 0.29) is 16.3 Å². The fourth-order valence-corrected chi connectivity index (χ4v) is 5.47. The zero-order chi connectivity index (χ0) is 23.0. The van der Waals surface area contributed by atoms with Crippen molar-refractivity contribution in [3.63, 3.8) is 0 Å². The summed E-state index contributed by atoms with van der Waals surface area (Å²) >= 11 is 0. The lowest BCUT2D eigenvalue weighted by Crippen LogP contribution is -2.63. The van der Waals surface area contributed by atoms with Crippen molar-refractivity contribution >= 4 is 33.4 Å². The monoisotopic (exact) mass is 451 g/mol. The van der Waals surface area contributed by atoms with Crippen LogP contribution in [-0.2, 0) is 24.4 Å². The number of hydrogen-bond donors (Lipinski definition) is 3. The van der Waals surface area contributed by atoms with Crippen molar-refractivity contribution in [1.29, 1.82) is 0 Å². The van der Waals surface area contributed by atoms with Crippen molar-refractivity contribution in [2.45, 2.75) is 50.1 Å². The molecule has 0 unspecified atom stereocenters. The number of nitrogens with zero attached hydrogens (tertiary/aromatic N) is 2. The van der Waals surface area contributed by atoms with Gasteiger partial charge >= 0.3 is 0 Å². The van der Waals surface area contributed by atoms with Crippen LogP contribution in [-0.4, -0.2) is 68.8 Å². The number of sulfonamides is 1. The quantitative estimate of drug-likeness (QED) is 0.496. The van der Waals surface area contributed by atoms with Crippen molar-refractivity contribution in [2.75, 3.05) is 31.1 Å². The second-order valence-electron chi connectivity index (χ2n) is 8.58. The first-order valence-electron chi connectivity index (χ1n) is 10.2. The predicted octanol–water partition coefficient (Wildman–Crippen LogP) is -0.536. The van der Waals surface area contributed by atoms with Gasteiger partial charge in [-0.3, -0.25) is 14.4 Å². The van der Waals surface area contributed by atoms with Crippen LogP contribution in [0.3, 0.4) is 0 Å². The fraction of sp³-hybridized carbons (Fsp3) is 0.550. The van der Waals surface area contributed by atoms with Gasteiger partial charge in [-0.1, -0.05) is 6.07 Å². The molecule has 0 aliphatic carbocycles. The third-order valence-corrected chi connectivity index (χ3v) is 7.16. The van der Waals surface area contributed by atoms with Gasteiger partial charge in [-0.05, 0) is 44.9 Å². The van der Waals surface area contributed by atoms with Crippen molar-refractivity contribution in [2.24, 2.45) is 5.73 Å². The van der Waals surface area contributed by atoms with E-state index < -0.39 is 27.9 Å². The molecule has 1 aromatic carbocycles. The van der Waals surface area contributed by atoms with E-state index in [2.05, 4.69) is 10.0 Å². The van der Waals surface area contributed by atoms with Crippen LogP contribution in [0.4, 0.5) is 5.69 Å². The maximum absolute atomic E-state index is 13.1. The Hall–Kier alpha value is -2.50. The van der Waals surface area contributed by atoms with Gasteiger partial charge in [0, 0.05) is 43.8 Å². The molecule has 1 aromatic rings. The van der Waals surface area contributed by atoms with Gasteiger partial charge in [0.25, 0.3) is 5.91 Å². The van der Waals surface area contributed by atoms with Gasteiger partial charge in [-0.2, -0.15) is 4.72 Å². The van der Waals surface area contributed by atoms with Crippen LogP contribution in [0.1, 0.15) is 32.3 Å². The summed E-state index contributed by atoms with van der Waals surface area (Å²) in [5, 5.41) is 3.25. The Bertz CT molecular complexity index is 1010. The van der Waals surface area contributed by atoms with E-state index in [1.807, 2.05) is 13.8 Å². The zero-order valence-electron chi connectivity index (χ0n) is 18.0. The molecule has 3 rings (SSSR count). The number of anilines is 1. The van der Waals surface area contributed by atoms with E-state index in [4.69, 9.17) is 5.73 Å². The molecule has 4 N–H and O–H groups in total. The maximum atomic E-state index is 13.1. The Morgan fingerprint density at radius 3 is 2.55 bits per heavy atom. The Morgan fingerprint density at radius 1 is 1.26 bits per heavy atom. The second kappa shape index (κ2) is 8.56. The van der Waals surface area contributed by atoms with Gasteiger partial charge in [0.2, 0.25) is 21.8 Å². The molecule has 170 valence electrons. The van der Waals surface area contributed by atoms with Crippen LogP contribution in [0, 0.1) is 6.92 Å². The average molecular weight is 452 g/mol. The highest BCUT2D eigenvalue weighted by Gasteiger charge is 2.38. The first kappa shape index (κ1) is 23.2. The number of carbonyl (C=O) groups excluding carboxylic acids is 3. The van der Waals surface area contributed by atoms with Crippen molar-refractivity contribution in [1.82, 2.24) is 14.9 Å². The number of nitrogens with one attached hydrogen (secondary N) is 2. The number of hydrogen-bond acceptors (Lipinski definition) is 6. The summed E-state index contributed by atoms with van der Waals surface area (Å²) in [6.07, 6.45) is 1.11. The molecule has 1 atom stereocenters. The lowest BCUT2D eigenvalue weighted by molar-refractivity contribution is -0.139. The minimum atomic E-state index is -4.27. The fourth-order valence-electron chi connectivity index (χ4n) is 4.05. The summed E-state index contributed by atoms with van der Waals surface area (Å²) < 4.78 is 28.4. The Balaban J connectivity index is 1.88. The van der Waals surface area contributed by atoms with Crippen LogP contribution in [0.2, 0.25) is 0 Å². The molecule has 0 saturated carbocycles. The first-order valence-corrected chi connectivity index (χ1v) is 11.7. The van der Waals surface area contributed by atoms with Crippen molar-refractivity contribution in [3.05, 3.63) is 23.8 Å². The molecule has 0 spiro atoms. The lowest BCUT2D eigenvalue weighted by Gasteiger charge is -2.40. The predicted molar refractivity (Wildman–Crippen MR) is 115 cm³/mol. The van der Waals surface area contributed by atoms with Gasteiger partial charge in [0.05, 0.1) is 4.90 Å². The minimum absolute atomic E-state index is 0.0721. The summed E-state index contributed by atoms with van der Waals surface area (Å²) in [5.74, 6) is -1.83. The summed E-state index contributed by atoms with van der Waals surface area (Å²) in [6.45, 7) is 7.08. The van der Waals surface area contributed by atoms with E-state index >= 15 is 0 Å². The highest BCUT2D eigenvalue weighted by Crippen LogP contribution is 2.29. The van der Waals surface area contributed by atoms with Crippen molar-refractivity contribution in [3.8, 4) is 0 Å². The van der Waals surface area contributed by atoms with Crippen LogP contribution in [0.25, 0.3) is 0 Å². The molecule has 2 saturated heterocycles. The highest BCUT2D eigenvalue weighted by molar-refractivity contribution is 7.89. The van der Waals surface area contributed by atoms with E-state index in [0.29, 0.717) is 50.3 Å². The molecule has 3 amide bonds. The molecule has 31 heavy (non-hydrogen) atoms. The molecule has 11 heteroatoms. The summed E-state index contributed by atoms with van der Waals surface area (Å²) in [4.78, 5) is 40.0. The summed E-state index contributed by atoms with van der Waals surface area (Å²) in [7, 11) is -4.27. The van der Waals surface area contributed by atoms with E-state index in [1.54, 1.807) is 17.9 Å². The second-order valence-corrected chi connectivity index (χ2v) is 10.3. The van der Waals surface area contributed by atoms with Gasteiger partial charge in [-0.25, -0.2) is 8.42 Å². The smallest absolute Gasteiger partial charge is 0.250 e. The largest absolute Gasteiger partial charge is 0.368 e. The SMILES string of the molecule is Cc1c(N2CCCC2=O)cccc1S(=O)(=O)N[C@@H](C(N)=O)C(=O)N1CCNC(C)(C)C1. The van der Waals surface area contributed by atoms with Gasteiger partial charge < -0.3 is 20.9 Å². The molecular weight excluding hydrogens is 422 g/mol. The number of amides is 3. The highest BCUT2D eigenvalue weighted by atomic mass is 32.2. The van der Waals surface area contributed by atoms with E-state index in [1.165, 1.54) is 17.0 Å². The topological polar surface area (TPSA) is 142 Å². The lowest BCUT2D eigenvalue weighted by atomic mass is 10.0. The third-order valence-electron chi connectivity index (χ3n) is 5.60. The molecule has 2 fully saturated rings. The Morgan fingerprint density at radius 2 is 1.97 bits per heavy atom. The summed E-state index contributed by atoms with van der Waals surface area (Å²) in [5.41, 5.74) is 5.89. The Kier molecular flexibility index (Phi) is 6.40. The number of nitrogens with two attached hydrogens (primary N) is 1. The molecule has 0 radical (unpaired) electrons. The zero-order valence-corrected chi connectivity index (χ0v) is 18.8. The molecule has 0 aromatic heterocycles. The third kappa shape index (κ3) is 4.89. The summed E-state index contributed by atoms with van der Waals surface area (Å²) in [6, 6.07) is 2.85. The van der Waals surface area contributed by atoms with Crippen LogP contribution in [0.15, 0.2) is 23.1 Å². The van der Waals surface area contributed by atoms with E-state index in [0.717, 1.165) is 0 Å². The van der Waals surface area contributed by atoms with Gasteiger partial charge in [0.15, 0.2) is 6.04 Å². The van der Waals surface area contributed by atoms with Crippen LogP contribution < -0.4 is 20.7 Å². The number of benzene rings is 1. The maximum Gasteiger partial charge on any atom is 0.250 e. The standard InChI is InChI=1S/C20H29N5O5S/c1-13-14(25-10-5-8-16(25)26)6-4-7-15(13)31(29,30)23-17(18(21)27)19(28)24-11-9-22-20(2,3)12-24/h4,6-7,17,22-23H,5,8-12H2,1-3H3,(H2,21,27)/t17-/m0/s1. The molecular formula is C20H29N5O5S. The minimum Gasteiger partial charge on any atom is -0.368 e. The van der Waals surface area contributed by atoms with Crippen LogP contribution >= 0.6 is 0 Å². The molecule has 2 heterocycles. The number of piperazine rings is 1. The van der Waals surface area contributed by atoms with Crippen LogP contribution in [0.5, 0.6) is 0 Å². The average Bonchev–Trinajstić information content (AvgIpc) is 3.10. The molecule has 10 nitrogen and oxygen atoms in total. The number of carbonyl (C=O) groups is 3. The number of primary amides is 1. The van der Waals surface area contributed by atoms with Crippen molar-refractivity contribution < 1.29 is 22.8 Å². The van der Waals surface area contributed by atoms with Gasteiger partial charge in [0.1, 0.15) is 0 Å². The Labute approximate surface area is 182 Å². The molecule has 0 bridgehead atoms. The molecule has 2 aliphatic heterocycles. The molecule has 2 aliphatic rings. The number of rotatable bonds is 6.